The predicted octanol–water partition coefficient (Wildman–Crippen LogP) is 1.57. The molecule has 0 atom stereocenters. The summed E-state index contributed by atoms with van der Waals surface area (Å²) in [6, 6.07) is 9.10. The molecule has 0 aliphatic carbocycles. The van der Waals surface area contributed by atoms with E-state index >= 15 is 0 Å². The highest BCUT2D eigenvalue weighted by atomic mass is 16.5. The van der Waals surface area contributed by atoms with Crippen LogP contribution in [0, 0.1) is 18.3 Å². The van der Waals surface area contributed by atoms with Crippen molar-refractivity contribution in [1.82, 2.24) is 14.8 Å². The first-order chi connectivity index (χ1) is 8.20. The Balaban J connectivity index is 2.07. The Morgan fingerprint density at radius 1 is 1.41 bits per heavy atom. The molecule has 0 fully saturated rings. The quantitative estimate of drug-likeness (QED) is 0.800. The third-order valence-electron chi connectivity index (χ3n) is 2.51. The highest BCUT2D eigenvalue weighted by molar-refractivity contribution is 5.36. The maximum absolute atomic E-state index is 8.76. The topological polar surface area (TPSA) is 63.7 Å². The molecule has 1 aromatic carbocycles. The SMILES string of the molecule is Cc1nnc(COc2cccc(C#N)c2)n1C. The molecule has 0 radical (unpaired) electrons. The van der Waals surface area contributed by atoms with Gasteiger partial charge in [0.2, 0.25) is 0 Å². The van der Waals surface area contributed by atoms with Gasteiger partial charge in [-0.3, -0.25) is 0 Å². The van der Waals surface area contributed by atoms with Crippen molar-refractivity contribution >= 4 is 0 Å². The fourth-order valence-corrected chi connectivity index (χ4v) is 1.38. The Bertz CT molecular complexity index is 568. The van der Waals surface area contributed by atoms with Gasteiger partial charge in [-0.25, -0.2) is 0 Å². The van der Waals surface area contributed by atoms with E-state index in [2.05, 4.69) is 16.3 Å². The summed E-state index contributed by atoms with van der Waals surface area (Å²) in [6.07, 6.45) is 0. The van der Waals surface area contributed by atoms with E-state index in [4.69, 9.17) is 10.00 Å². The average molecular weight is 228 g/mol. The van der Waals surface area contributed by atoms with E-state index in [0.29, 0.717) is 17.9 Å². The molecule has 5 heteroatoms. The number of aromatic nitrogens is 3. The van der Waals surface area contributed by atoms with Crippen molar-refractivity contribution < 1.29 is 4.74 Å². The lowest BCUT2D eigenvalue weighted by Crippen LogP contribution is -2.04. The van der Waals surface area contributed by atoms with E-state index in [1.54, 1.807) is 18.2 Å². The maximum Gasteiger partial charge on any atom is 0.170 e. The van der Waals surface area contributed by atoms with Crippen LogP contribution in [0.2, 0.25) is 0 Å². The average Bonchev–Trinajstić information content (AvgIpc) is 2.68. The van der Waals surface area contributed by atoms with Crippen molar-refractivity contribution in [2.75, 3.05) is 0 Å². The third kappa shape index (κ3) is 2.42. The van der Waals surface area contributed by atoms with Gasteiger partial charge >= 0.3 is 0 Å². The van der Waals surface area contributed by atoms with E-state index in [-0.39, 0.29) is 0 Å². The first-order valence-electron chi connectivity index (χ1n) is 5.18. The summed E-state index contributed by atoms with van der Waals surface area (Å²) >= 11 is 0. The second-order valence-electron chi connectivity index (χ2n) is 3.65. The Morgan fingerprint density at radius 3 is 2.88 bits per heavy atom. The van der Waals surface area contributed by atoms with Gasteiger partial charge in [-0.1, -0.05) is 6.07 Å². The molecule has 0 bridgehead atoms. The van der Waals surface area contributed by atoms with Gasteiger partial charge in [0.05, 0.1) is 11.6 Å². The van der Waals surface area contributed by atoms with Crippen molar-refractivity contribution in [3.63, 3.8) is 0 Å². The zero-order valence-electron chi connectivity index (χ0n) is 9.71. The van der Waals surface area contributed by atoms with E-state index in [9.17, 15) is 0 Å². The number of hydrogen-bond donors (Lipinski definition) is 0. The predicted molar refractivity (Wildman–Crippen MR) is 61.2 cm³/mol. The largest absolute Gasteiger partial charge is 0.486 e. The van der Waals surface area contributed by atoms with Crippen molar-refractivity contribution in [2.45, 2.75) is 13.5 Å². The Labute approximate surface area is 99.3 Å². The molecule has 1 heterocycles. The zero-order chi connectivity index (χ0) is 12.3. The van der Waals surface area contributed by atoms with Gasteiger partial charge < -0.3 is 9.30 Å². The summed E-state index contributed by atoms with van der Waals surface area (Å²) in [5, 5.41) is 16.7. The minimum atomic E-state index is 0.340. The van der Waals surface area contributed by atoms with E-state index in [1.807, 2.05) is 24.6 Å². The molecule has 0 aliphatic heterocycles. The third-order valence-corrected chi connectivity index (χ3v) is 2.51. The zero-order valence-corrected chi connectivity index (χ0v) is 9.71. The number of nitrogens with zero attached hydrogens (tertiary/aromatic N) is 4. The van der Waals surface area contributed by atoms with Crippen LogP contribution in [0.15, 0.2) is 24.3 Å². The number of rotatable bonds is 3. The minimum Gasteiger partial charge on any atom is -0.486 e. The monoisotopic (exact) mass is 228 g/mol. The summed E-state index contributed by atoms with van der Waals surface area (Å²) < 4.78 is 7.42. The lowest BCUT2D eigenvalue weighted by Gasteiger charge is -2.05. The molecule has 0 amide bonds. The van der Waals surface area contributed by atoms with Gasteiger partial charge in [0, 0.05) is 7.05 Å². The first kappa shape index (κ1) is 11.1. The van der Waals surface area contributed by atoms with Crippen LogP contribution in [0.4, 0.5) is 0 Å². The number of benzene rings is 1. The molecule has 5 nitrogen and oxygen atoms in total. The molecule has 0 unspecified atom stereocenters. The van der Waals surface area contributed by atoms with Crippen LogP contribution in [-0.4, -0.2) is 14.8 Å². The second-order valence-corrected chi connectivity index (χ2v) is 3.65. The highest BCUT2D eigenvalue weighted by Crippen LogP contribution is 2.14. The van der Waals surface area contributed by atoms with Gasteiger partial charge in [-0.15, -0.1) is 10.2 Å². The molecular weight excluding hydrogens is 216 g/mol. The maximum atomic E-state index is 8.76. The van der Waals surface area contributed by atoms with Crippen LogP contribution in [0.5, 0.6) is 5.75 Å². The lowest BCUT2D eigenvalue weighted by molar-refractivity contribution is 0.291. The molecule has 0 aliphatic rings. The molecular formula is C12H12N4O. The van der Waals surface area contributed by atoms with Crippen LogP contribution >= 0.6 is 0 Å². The molecule has 0 spiro atoms. The van der Waals surface area contributed by atoms with E-state index in [0.717, 1.165) is 11.6 Å². The molecule has 0 saturated carbocycles. The molecule has 2 aromatic rings. The summed E-state index contributed by atoms with van der Waals surface area (Å²) in [5.41, 5.74) is 0.580. The van der Waals surface area contributed by atoms with Gasteiger partial charge in [0.25, 0.3) is 0 Å². The molecule has 0 N–H and O–H groups in total. The molecule has 86 valence electrons. The van der Waals surface area contributed by atoms with Crippen molar-refractivity contribution in [2.24, 2.45) is 7.05 Å². The van der Waals surface area contributed by atoms with Crippen LogP contribution < -0.4 is 4.74 Å². The minimum absolute atomic E-state index is 0.340. The van der Waals surface area contributed by atoms with Gasteiger partial charge in [-0.05, 0) is 25.1 Å². The van der Waals surface area contributed by atoms with Crippen molar-refractivity contribution in [1.29, 1.82) is 5.26 Å². The summed E-state index contributed by atoms with van der Waals surface area (Å²) in [6.45, 7) is 2.22. The standard InChI is InChI=1S/C12H12N4O/c1-9-14-15-12(16(9)2)8-17-11-5-3-4-10(6-11)7-13/h3-6H,8H2,1-2H3. The Morgan fingerprint density at radius 2 is 2.24 bits per heavy atom. The normalized spacial score (nSPS) is 9.94. The molecule has 2 rings (SSSR count). The fraction of sp³-hybridized carbons (Fsp3) is 0.250. The van der Waals surface area contributed by atoms with Gasteiger partial charge in [0.1, 0.15) is 18.2 Å². The smallest absolute Gasteiger partial charge is 0.170 e. The highest BCUT2D eigenvalue weighted by Gasteiger charge is 2.05. The van der Waals surface area contributed by atoms with Gasteiger partial charge in [-0.2, -0.15) is 5.26 Å². The first-order valence-corrected chi connectivity index (χ1v) is 5.18. The number of ether oxygens (including phenoxy) is 1. The van der Waals surface area contributed by atoms with E-state index in [1.165, 1.54) is 0 Å². The van der Waals surface area contributed by atoms with E-state index < -0.39 is 0 Å². The number of aryl methyl sites for hydroxylation is 1. The molecule has 0 saturated heterocycles. The second kappa shape index (κ2) is 4.66. The van der Waals surface area contributed by atoms with Crippen LogP contribution in [0.1, 0.15) is 17.2 Å². The lowest BCUT2D eigenvalue weighted by atomic mass is 10.2. The Hall–Kier alpha value is -2.35. The summed E-state index contributed by atoms with van der Waals surface area (Å²) in [5.74, 6) is 2.25. The van der Waals surface area contributed by atoms with Crippen LogP contribution in [0.25, 0.3) is 0 Å². The Kier molecular flexibility index (Phi) is 3.06. The summed E-state index contributed by atoms with van der Waals surface area (Å²) in [4.78, 5) is 0. The number of hydrogen-bond acceptors (Lipinski definition) is 4. The van der Waals surface area contributed by atoms with Crippen LogP contribution in [0.3, 0.4) is 0 Å². The number of nitriles is 1. The van der Waals surface area contributed by atoms with Crippen LogP contribution in [-0.2, 0) is 13.7 Å². The van der Waals surface area contributed by atoms with Crippen molar-refractivity contribution in [3.8, 4) is 11.8 Å². The fourth-order valence-electron chi connectivity index (χ4n) is 1.38. The molecule has 17 heavy (non-hydrogen) atoms. The summed E-state index contributed by atoms with van der Waals surface area (Å²) in [7, 11) is 1.89. The molecule has 1 aromatic heterocycles. The van der Waals surface area contributed by atoms with Crippen molar-refractivity contribution in [3.05, 3.63) is 41.5 Å². The van der Waals surface area contributed by atoms with Gasteiger partial charge in [0.15, 0.2) is 5.82 Å².